The molecule has 2 aromatic rings. The highest BCUT2D eigenvalue weighted by molar-refractivity contribution is 14.0. The summed E-state index contributed by atoms with van der Waals surface area (Å²) in [6.07, 6.45) is -4.37. The number of halogens is 4. The molecule has 0 aliphatic rings. The third-order valence-corrected chi connectivity index (χ3v) is 3.76. The van der Waals surface area contributed by atoms with Crippen molar-refractivity contribution < 1.29 is 22.7 Å². The second-order valence-electron chi connectivity index (χ2n) is 6.11. The maximum atomic E-state index is 12.8. The Morgan fingerprint density at radius 2 is 1.83 bits per heavy atom. The van der Waals surface area contributed by atoms with Gasteiger partial charge in [-0.3, -0.25) is 9.79 Å². The lowest BCUT2D eigenvalue weighted by Gasteiger charge is -2.14. The van der Waals surface area contributed by atoms with Crippen LogP contribution in [-0.2, 0) is 17.5 Å². The molecule has 10 heteroatoms. The molecule has 3 N–H and O–H groups in total. The van der Waals surface area contributed by atoms with Crippen LogP contribution in [0.2, 0.25) is 0 Å². The smallest absolute Gasteiger partial charge is 0.416 e. The van der Waals surface area contributed by atoms with Crippen molar-refractivity contribution in [2.75, 3.05) is 25.5 Å². The fourth-order valence-electron chi connectivity index (χ4n) is 2.47. The zero-order chi connectivity index (χ0) is 21.3. The number of nitrogens with zero attached hydrogens (tertiary/aromatic N) is 1. The molecular formula is C20H24F3IN4O2. The molecule has 0 atom stereocenters. The Bertz CT molecular complexity index is 860. The Morgan fingerprint density at radius 3 is 2.50 bits per heavy atom. The van der Waals surface area contributed by atoms with Crippen LogP contribution in [0.3, 0.4) is 0 Å². The van der Waals surface area contributed by atoms with Crippen LogP contribution in [0.25, 0.3) is 0 Å². The van der Waals surface area contributed by atoms with E-state index < -0.39 is 11.7 Å². The van der Waals surface area contributed by atoms with Gasteiger partial charge in [0.15, 0.2) is 5.96 Å². The summed E-state index contributed by atoms with van der Waals surface area (Å²) < 4.78 is 43.9. The SMILES string of the molecule is CN=C(NCCOc1cccc(NC(C)=O)c1)NCc1cccc(C(F)(F)F)c1.I. The van der Waals surface area contributed by atoms with Crippen molar-refractivity contribution in [3.05, 3.63) is 59.7 Å². The van der Waals surface area contributed by atoms with Crippen LogP contribution < -0.4 is 20.7 Å². The molecule has 0 unspecified atom stereocenters. The first-order valence-corrected chi connectivity index (χ1v) is 8.89. The van der Waals surface area contributed by atoms with E-state index in [1.54, 1.807) is 37.4 Å². The van der Waals surface area contributed by atoms with E-state index in [9.17, 15) is 18.0 Å². The van der Waals surface area contributed by atoms with E-state index in [4.69, 9.17) is 4.74 Å². The van der Waals surface area contributed by atoms with Crippen molar-refractivity contribution >= 4 is 41.5 Å². The van der Waals surface area contributed by atoms with Crippen LogP contribution in [0, 0.1) is 0 Å². The number of carbonyl (C=O) groups is 1. The zero-order valence-electron chi connectivity index (χ0n) is 16.5. The van der Waals surface area contributed by atoms with Crippen LogP contribution in [0.1, 0.15) is 18.1 Å². The van der Waals surface area contributed by atoms with Gasteiger partial charge in [0.25, 0.3) is 0 Å². The standard InChI is InChI=1S/C20H23F3N4O2.HI/c1-14(28)27-17-7-4-8-18(12-17)29-10-9-25-19(24-2)26-13-15-5-3-6-16(11-15)20(21,22)23;/h3-8,11-12H,9-10,13H2,1-2H3,(H,27,28)(H2,24,25,26);1H. The maximum absolute atomic E-state index is 12.8. The zero-order valence-corrected chi connectivity index (χ0v) is 18.9. The number of guanidine groups is 1. The van der Waals surface area contributed by atoms with E-state index in [-0.39, 0.29) is 36.4 Å². The summed E-state index contributed by atoms with van der Waals surface area (Å²) in [5, 5.41) is 8.66. The van der Waals surface area contributed by atoms with Crippen LogP contribution in [0.15, 0.2) is 53.5 Å². The number of rotatable bonds is 7. The van der Waals surface area contributed by atoms with Crippen molar-refractivity contribution in [2.24, 2.45) is 4.99 Å². The van der Waals surface area contributed by atoms with Gasteiger partial charge in [0, 0.05) is 32.3 Å². The predicted molar refractivity (Wildman–Crippen MR) is 121 cm³/mol. The lowest BCUT2D eigenvalue weighted by atomic mass is 10.1. The summed E-state index contributed by atoms with van der Waals surface area (Å²) in [4.78, 5) is 15.1. The van der Waals surface area contributed by atoms with Gasteiger partial charge in [-0.15, -0.1) is 24.0 Å². The first-order valence-electron chi connectivity index (χ1n) is 8.89. The largest absolute Gasteiger partial charge is 0.492 e. The molecule has 2 rings (SSSR count). The molecule has 0 spiro atoms. The first-order chi connectivity index (χ1) is 13.8. The Morgan fingerprint density at radius 1 is 1.10 bits per heavy atom. The molecule has 0 saturated carbocycles. The molecule has 6 nitrogen and oxygen atoms in total. The van der Waals surface area contributed by atoms with E-state index in [1.165, 1.54) is 13.0 Å². The van der Waals surface area contributed by atoms with Gasteiger partial charge in [-0.2, -0.15) is 13.2 Å². The average molecular weight is 536 g/mol. The predicted octanol–water partition coefficient (Wildman–Crippen LogP) is 4.03. The van der Waals surface area contributed by atoms with E-state index in [2.05, 4.69) is 20.9 Å². The first kappa shape index (κ1) is 25.5. The van der Waals surface area contributed by atoms with E-state index in [0.717, 1.165) is 12.1 Å². The fraction of sp³-hybridized carbons (Fsp3) is 0.300. The van der Waals surface area contributed by atoms with Gasteiger partial charge in [0.1, 0.15) is 12.4 Å². The number of alkyl halides is 3. The third-order valence-electron chi connectivity index (χ3n) is 3.76. The lowest BCUT2D eigenvalue weighted by Crippen LogP contribution is -2.38. The molecule has 0 bridgehead atoms. The molecule has 0 aliphatic carbocycles. The number of aliphatic imine (C=N–C) groups is 1. The maximum Gasteiger partial charge on any atom is 0.416 e. The minimum atomic E-state index is -4.37. The number of carbonyl (C=O) groups excluding carboxylic acids is 1. The minimum Gasteiger partial charge on any atom is -0.492 e. The summed E-state index contributed by atoms with van der Waals surface area (Å²) in [6.45, 7) is 2.37. The molecule has 1 amide bonds. The van der Waals surface area contributed by atoms with Gasteiger partial charge in [0.05, 0.1) is 12.1 Å². The van der Waals surface area contributed by atoms with Crippen LogP contribution in [-0.4, -0.2) is 32.1 Å². The molecule has 0 radical (unpaired) electrons. The Hall–Kier alpha value is -2.50. The van der Waals surface area contributed by atoms with Crippen LogP contribution in [0.5, 0.6) is 5.75 Å². The second kappa shape index (κ2) is 12.3. The van der Waals surface area contributed by atoms with Gasteiger partial charge in [0.2, 0.25) is 5.91 Å². The summed E-state index contributed by atoms with van der Waals surface area (Å²) in [6, 6.07) is 12.1. The number of amides is 1. The Kier molecular flexibility index (Phi) is 10.4. The van der Waals surface area contributed by atoms with Crippen LogP contribution >= 0.6 is 24.0 Å². The normalized spacial score (nSPS) is 11.3. The molecule has 0 saturated heterocycles. The van der Waals surface area contributed by atoms with Crippen LogP contribution in [0.4, 0.5) is 18.9 Å². The topological polar surface area (TPSA) is 74.8 Å². The highest BCUT2D eigenvalue weighted by atomic mass is 127. The molecule has 0 aliphatic heterocycles. The summed E-state index contributed by atoms with van der Waals surface area (Å²) in [7, 11) is 1.57. The number of hydrogen-bond donors (Lipinski definition) is 3. The van der Waals surface area contributed by atoms with Crippen molar-refractivity contribution in [1.82, 2.24) is 10.6 Å². The lowest BCUT2D eigenvalue weighted by molar-refractivity contribution is -0.137. The monoisotopic (exact) mass is 536 g/mol. The minimum absolute atomic E-state index is 0. The average Bonchev–Trinajstić information content (AvgIpc) is 2.67. The van der Waals surface area contributed by atoms with E-state index in [1.807, 2.05) is 0 Å². The van der Waals surface area contributed by atoms with Gasteiger partial charge in [-0.05, 0) is 29.8 Å². The van der Waals surface area contributed by atoms with Gasteiger partial charge < -0.3 is 20.7 Å². The van der Waals surface area contributed by atoms with Gasteiger partial charge in [-0.25, -0.2) is 0 Å². The molecule has 0 heterocycles. The van der Waals surface area contributed by atoms with Crippen molar-refractivity contribution in [3.63, 3.8) is 0 Å². The quantitative estimate of drug-likeness (QED) is 0.216. The molecule has 0 fully saturated rings. The number of benzene rings is 2. The van der Waals surface area contributed by atoms with Crippen molar-refractivity contribution in [2.45, 2.75) is 19.6 Å². The Balaban J connectivity index is 0.00000450. The van der Waals surface area contributed by atoms with E-state index in [0.29, 0.717) is 36.1 Å². The molecule has 30 heavy (non-hydrogen) atoms. The fourth-order valence-corrected chi connectivity index (χ4v) is 2.47. The molecular weight excluding hydrogens is 512 g/mol. The van der Waals surface area contributed by atoms with Gasteiger partial charge >= 0.3 is 6.18 Å². The van der Waals surface area contributed by atoms with Crippen molar-refractivity contribution in [3.8, 4) is 5.75 Å². The number of anilines is 1. The summed E-state index contributed by atoms with van der Waals surface area (Å²) in [5.41, 5.74) is 0.449. The number of hydrogen-bond acceptors (Lipinski definition) is 3. The van der Waals surface area contributed by atoms with E-state index >= 15 is 0 Å². The van der Waals surface area contributed by atoms with Crippen molar-refractivity contribution in [1.29, 1.82) is 0 Å². The second-order valence-corrected chi connectivity index (χ2v) is 6.11. The van der Waals surface area contributed by atoms with Gasteiger partial charge in [-0.1, -0.05) is 18.2 Å². The highest BCUT2D eigenvalue weighted by Crippen LogP contribution is 2.29. The molecule has 0 aromatic heterocycles. The number of nitrogens with one attached hydrogen (secondary N) is 3. The highest BCUT2D eigenvalue weighted by Gasteiger charge is 2.30. The molecule has 164 valence electrons. The third kappa shape index (κ3) is 8.89. The summed E-state index contributed by atoms with van der Waals surface area (Å²) >= 11 is 0. The Labute approximate surface area is 190 Å². The number of ether oxygens (including phenoxy) is 1. The summed E-state index contributed by atoms with van der Waals surface area (Å²) in [5.74, 6) is 0.877. The molecule has 2 aromatic carbocycles.